The van der Waals surface area contributed by atoms with E-state index in [2.05, 4.69) is 26.9 Å². The lowest BCUT2D eigenvalue weighted by Gasteiger charge is -2.34. The van der Waals surface area contributed by atoms with Crippen LogP contribution in [0.5, 0.6) is 0 Å². The highest BCUT2D eigenvalue weighted by molar-refractivity contribution is 5.47. The molecule has 1 aliphatic heterocycles. The number of hydrogen-bond donors (Lipinski definition) is 0. The van der Waals surface area contributed by atoms with Crippen LogP contribution in [-0.2, 0) is 4.74 Å². The zero-order valence-corrected chi connectivity index (χ0v) is 18.6. The Kier molecular flexibility index (Phi) is 8.30. The predicted molar refractivity (Wildman–Crippen MR) is 127 cm³/mol. The molecular formula is C27H29F2N3O. The Labute approximate surface area is 194 Å². The van der Waals surface area contributed by atoms with Gasteiger partial charge < -0.3 is 4.74 Å². The molecular weight excluding hydrogens is 420 g/mol. The monoisotopic (exact) mass is 449 g/mol. The van der Waals surface area contributed by atoms with Gasteiger partial charge in [0.05, 0.1) is 6.61 Å². The van der Waals surface area contributed by atoms with Gasteiger partial charge in [-0.1, -0.05) is 42.5 Å². The van der Waals surface area contributed by atoms with Crippen LogP contribution in [0.4, 0.5) is 8.78 Å². The molecule has 4 nitrogen and oxygen atoms in total. The molecule has 1 fully saturated rings. The largest absolute Gasteiger partial charge is 0.367 e. The van der Waals surface area contributed by atoms with Gasteiger partial charge in [-0.05, 0) is 47.0 Å². The molecule has 0 spiro atoms. The fourth-order valence-corrected chi connectivity index (χ4v) is 3.97. The number of ether oxygens (including phenoxy) is 1. The maximum Gasteiger partial charge on any atom is 0.123 e. The van der Waals surface area contributed by atoms with Crippen LogP contribution in [0.3, 0.4) is 0 Å². The zero-order valence-electron chi connectivity index (χ0n) is 18.6. The van der Waals surface area contributed by atoms with Gasteiger partial charge in [0.15, 0.2) is 0 Å². The Morgan fingerprint density at radius 1 is 0.848 bits per heavy atom. The highest BCUT2D eigenvalue weighted by Gasteiger charge is 2.18. The van der Waals surface area contributed by atoms with Crippen LogP contribution in [0.2, 0.25) is 0 Å². The molecule has 33 heavy (non-hydrogen) atoms. The molecule has 0 atom stereocenters. The molecule has 0 amide bonds. The molecule has 6 heteroatoms. The van der Waals surface area contributed by atoms with E-state index < -0.39 is 0 Å². The number of halogens is 2. The van der Waals surface area contributed by atoms with Crippen LogP contribution >= 0.6 is 0 Å². The number of pyridine rings is 1. The van der Waals surface area contributed by atoms with Gasteiger partial charge in [0.25, 0.3) is 0 Å². The molecule has 0 unspecified atom stereocenters. The average Bonchev–Trinajstić information content (AvgIpc) is 2.85. The number of piperazine rings is 1. The fourth-order valence-electron chi connectivity index (χ4n) is 3.97. The minimum absolute atomic E-state index is 0.287. The number of hydrogen-bond acceptors (Lipinski definition) is 4. The summed E-state index contributed by atoms with van der Waals surface area (Å²) < 4.78 is 33.0. The van der Waals surface area contributed by atoms with Crippen LogP contribution in [0, 0.1) is 11.6 Å². The molecule has 3 aromatic rings. The maximum absolute atomic E-state index is 13.4. The minimum Gasteiger partial charge on any atom is -0.367 e. The second-order valence-corrected chi connectivity index (χ2v) is 8.18. The first-order valence-corrected chi connectivity index (χ1v) is 11.3. The summed E-state index contributed by atoms with van der Waals surface area (Å²) >= 11 is 0. The third kappa shape index (κ3) is 7.02. The number of rotatable bonds is 9. The second kappa shape index (κ2) is 11.8. The SMILES string of the molecule is Fc1ccc(C(OCCN2CCN(C/C=C/c3cccnc3)CC2)c2ccc(F)cc2)cc1. The molecule has 0 N–H and O–H groups in total. The van der Waals surface area contributed by atoms with Crippen molar-refractivity contribution >= 4 is 6.08 Å². The molecule has 172 valence electrons. The van der Waals surface area contributed by atoms with E-state index in [9.17, 15) is 8.78 Å². The molecule has 0 radical (unpaired) electrons. The van der Waals surface area contributed by atoms with E-state index in [1.807, 2.05) is 18.3 Å². The third-order valence-electron chi connectivity index (χ3n) is 5.86. The van der Waals surface area contributed by atoms with Crippen molar-refractivity contribution in [2.24, 2.45) is 0 Å². The van der Waals surface area contributed by atoms with Crippen LogP contribution in [-0.4, -0.2) is 60.7 Å². The van der Waals surface area contributed by atoms with Crippen molar-refractivity contribution in [2.75, 3.05) is 45.9 Å². The summed E-state index contributed by atoms with van der Waals surface area (Å²) in [7, 11) is 0. The number of benzene rings is 2. The van der Waals surface area contributed by atoms with Gasteiger partial charge in [-0.25, -0.2) is 8.78 Å². The maximum atomic E-state index is 13.4. The van der Waals surface area contributed by atoms with Gasteiger partial charge >= 0.3 is 0 Å². The van der Waals surface area contributed by atoms with Gasteiger partial charge in [-0.3, -0.25) is 14.8 Å². The van der Waals surface area contributed by atoms with Crippen LogP contribution in [0.25, 0.3) is 6.08 Å². The van der Waals surface area contributed by atoms with Crippen molar-refractivity contribution in [3.63, 3.8) is 0 Å². The molecule has 1 saturated heterocycles. The Balaban J connectivity index is 1.25. The first-order chi connectivity index (χ1) is 16.2. The summed E-state index contributed by atoms with van der Waals surface area (Å²) in [5, 5.41) is 0. The summed E-state index contributed by atoms with van der Waals surface area (Å²) in [6, 6.07) is 16.6. The predicted octanol–water partition coefficient (Wildman–Crippen LogP) is 4.80. The smallest absolute Gasteiger partial charge is 0.123 e. The van der Waals surface area contributed by atoms with Crippen molar-refractivity contribution in [3.8, 4) is 0 Å². The van der Waals surface area contributed by atoms with E-state index in [4.69, 9.17) is 4.74 Å². The second-order valence-electron chi connectivity index (χ2n) is 8.18. The number of nitrogens with zero attached hydrogens (tertiary/aromatic N) is 3. The lowest BCUT2D eigenvalue weighted by atomic mass is 10.0. The quantitative estimate of drug-likeness (QED) is 0.469. The molecule has 1 aromatic heterocycles. The average molecular weight is 450 g/mol. The van der Waals surface area contributed by atoms with Gasteiger partial charge in [0, 0.05) is 51.7 Å². The van der Waals surface area contributed by atoms with E-state index in [-0.39, 0.29) is 17.7 Å². The van der Waals surface area contributed by atoms with E-state index in [1.54, 1.807) is 30.5 Å². The third-order valence-corrected chi connectivity index (χ3v) is 5.86. The Morgan fingerprint density at radius 3 is 2.03 bits per heavy atom. The normalized spacial score (nSPS) is 15.5. The van der Waals surface area contributed by atoms with Gasteiger partial charge in [0.2, 0.25) is 0 Å². The highest BCUT2D eigenvalue weighted by atomic mass is 19.1. The van der Waals surface area contributed by atoms with Crippen molar-refractivity contribution in [1.82, 2.24) is 14.8 Å². The summed E-state index contributed by atoms with van der Waals surface area (Å²) in [4.78, 5) is 8.96. The summed E-state index contributed by atoms with van der Waals surface area (Å²) in [5.41, 5.74) is 2.83. The van der Waals surface area contributed by atoms with Crippen LogP contribution in [0.1, 0.15) is 22.8 Å². The first kappa shape index (κ1) is 23.2. The molecule has 2 aromatic carbocycles. The highest BCUT2D eigenvalue weighted by Crippen LogP contribution is 2.26. The standard InChI is InChI=1S/C27H29F2N3O/c28-25-9-5-23(6-10-25)27(24-7-11-26(29)12-8-24)33-20-19-32-17-15-31(16-18-32)14-2-4-22-3-1-13-30-21-22/h1-13,21,27H,14-20H2/b4-2+. The molecule has 1 aliphatic rings. The summed E-state index contributed by atoms with van der Waals surface area (Å²) in [6.45, 7) is 6.28. The lowest BCUT2D eigenvalue weighted by molar-refractivity contribution is 0.0467. The fraction of sp³-hybridized carbons (Fsp3) is 0.296. The minimum atomic E-state index is -0.356. The molecule has 2 heterocycles. The van der Waals surface area contributed by atoms with E-state index in [0.29, 0.717) is 6.61 Å². The Hall–Kier alpha value is -2.93. The van der Waals surface area contributed by atoms with Crippen LogP contribution in [0.15, 0.2) is 79.1 Å². The molecule has 0 aliphatic carbocycles. The van der Waals surface area contributed by atoms with Crippen molar-refractivity contribution in [1.29, 1.82) is 0 Å². The van der Waals surface area contributed by atoms with Gasteiger partial charge in [0.1, 0.15) is 17.7 Å². The molecule has 0 saturated carbocycles. The van der Waals surface area contributed by atoms with Crippen molar-refractivity contribution < 1.29 is 13.5 Å². The first-order valence-electron chi connectivity index (χ1n) is 11.3. The summed E-state index contributed by atoms with van der Waals surface area (Å²) in [6.07, 6.45) is 7.58. The van der Waals surface area contributed by atoms with E-state index in [1.165, 1.54) is 24.3 Å². The summed E-state index contributed by atoms with van der Waals surface area (Å²) in [5.74, 6) is -0.575. The number of aromatic nitrogens is 1. The van der Waals surface area contributed by atoms with Crippen molar-refractivity contribution in [3.05, 3.63) is 107 Å². The van der Waals surface area contributed by atoms with Gasteiger partial charge in [-0.2, -0.15) is 0 Å². The van der Waals surface area contributed by atoms with Crippen molar-refractivity contribution in [2.45, 2.75) is 6.10 Å². The van der Waals surface area contributed by atoms with Crippen LogP contribution < -0.4 is 0 Å². The molecule has 0 bridgehead atoms. The Bertz CT molecular complexity index is 956. The topological polar surface area (TPSA) is 28.6 Å². The lowest BCUT2D eigenvalue weighted by Crippen LogP contribution is -2.47. The van der Waals surface area contributed by atoms with E-state index in [0.717, 1.165) is 56.0 Å². The Morgan fingerprint density at radius 2 is 1.45 bits per heavy atom. The zero-order chi connectivity index (χ0) is 22.9. The van der Waals surface area contributed by atoms with Gasteiger partial charge in [-0.15, -0.1) is 0 Å². The van der Waals surface area contributed by atoms with E-state index >= 15 is 0 Å². The molecule has 4 rings (SSSR count).